The molecule has 0 N–H and O–H groups in total. The molecule has 0 atom stereocenters. The molecule has 0 unspecified atom stereocenters. The molecule has 6 heteroatoms. The molecular formula is C18H12FN3O2. The van der Waals surface area contributed by atoms with Gasteiger partial charge in [-0.2, -0.15) is 5.10 Å². The van der Waals surface area contributed by atoms with Crippen molar-refractivity contribution in [1.29, 1.82) is 0 Å². The highest BCUT2D eigenvalue weighted by Gasteiger charge is 2.10. The third-order valence-corrected chi connectivity index (χ3v) is 3.70. The van der Waals surface area contributed by atoms with Gasteiger partial charge in [0.1, 0.15) is 17.8 Å². The zero-order valence-corrected chi connectivity index (χ0v) is 12.5. The fourth-order valence-corrected chi connectivity index (χ4v) is 2.53. The van der Waals surface area contributed by atoms with E-state index in [-0.39, 0.29) is 17.9 Å². The molecule has 0 fully saturated rings. The highest BCUT2D eigenvalue weighted by Crippen LogP contribution is 2.19. The average Bonchev–Trinajstić information content (AvgIpc) is 3.06. The third kappa shape index (κ3) is 2.58. The Labute approximate surface area is 136 Å². The van der Waals surface area contributed by atoms with Gasteiger partial charge < -0.3 is 4.42 Å². The molecule has 4 aromatic rings. The summed E-state index contributed by atoms with van der Waals surface area (Å²) in [4.78, 5) is 16.8. The van der Waals surface area contributed by atoms with Crippen molar-refractivity contribution < 1.29 is 8.81 Å². The summed E-state index contributed by atoms with van der Waals surface area (Å²) in [6, 6.07) is 13.3. The van der Waals surface area contributed by atoms with E-state index >= 15 is 0 Å². The van der Waals surface area contributed by atoms with Crippen LogP contribution in [0.2, 0.25) is 0 Å². The Morgan fingerprint density at radius 1 is 1.12 bits per heavy atom. The van der Waals surface area contributed by atoms with Crippen LogP contribution in [-0.4, -0.2) is 14.8 Å². The van der Waals surface area contributed by atoms with Crippen LogP contribution in [0.25, 0.3) is 22.2 Å². The number of rotatable bonds is 3. The Kier molecular flexibility index (Phi) is 3.42. The number of hydrogen-bond donors (Lipinski definition) is 0. The van der Waals surface area contributed by atoms with Crippen molar-refractivity contribution in [2.45, 2.75) is 6.54 Å². The number of fused-ring (bicyclic) bond motifs is 1. The number of hydrogen-bond acceptors (Lipinski definition) is 4. The molecule has 118 valence electrons. The topological polar surface area (TPSA) is 60.9 Å². The second kappa shape index (κ2) is 5.73. The Hall–Kier alpha value is -3.28. The van der Waals surface area contributed by atoms with Crippen molar-refractivity contribution in [3.8, 4) is 11.5 Å². The van der Waals surface area contributed by atoms with E-state index in [1.54, 1.807) is 24.4 Å². The Morgan fingerprint density at radius 3 is 2.88 bits per heavy atom. The van der Waals surface area contributed by atoms with Gasteiger partial charge in [0.25, 0.3) is 5.56 Å². The van der Waals surface area contributed by atoms with Gasteiger partial charge in [-0.15, -0.1) is 0 Å². The molecule has 2 aromatic carbocycles. The molecule has 24 heavy (non-hydrogen) atoms. The van der Waals surface area contributed by atoms with E-state index in [0.29, 0.717) is 22.5 Å². The monoisotopic (exact) mass is 321 g/mol. The van der Waals surface area contributed by atoms with Crippen LogP contribution in [0, 0.1) is 5.82 Å². The van der Waals surface area contributed by atoms with Crippen molar-refractivity contribution in [3.63, 3.8) is 0 Å². The largest absolute Gasteiger partial charge is 0.444 e. The van der Waals surface area contributed by atoms with E-state index in [0.717, 1.165) is 5.39 Å². The van der Waals surface area contributed by atoms with E-state index in [4.69, 9.17) is 4.42 Å². The summed E-state index contributed by atoms with van der Waals surface area (Å²) in [7, 11) is 0. The Bertz CT molecular complexity index is 1080. The Balaban J connectivity index is 1.67. The molecule has 0 aliphatic rings. The van der Waals surface area contributed by atoms with E-state index in [1.807, 2.05) is 18.2 Å². The molecule has 2 heterocycles. The number of halogens is 1. The van der Waals surface area contributed by atoms with Gasteiger partial charge in [-0.25, -0.2) is 14.1 Å². The van der Waals surface area contributed by atoms with E-state index in [9.17, 15) is 9.18 Å². The fourth-order valence-electron chi connectivity index (χ4n) is 2.53. The SMILES string of the molecule is O=c1c2ccccc2cnn1Cc1coc(-c2cccc(F)c2)n1. The van der Waals surface area contributed by atoms with Crippen LogP contribution in [-0.2, 0) is 6.54 Å². The van der Waals surface area contributed by atoms with Crippen LogP contribution in [0.5, 0.6) is 0 Å². The van der Waals surface area contributed by atoms with Gasteiger partial charge in [0.15, 0.2) is 0 Å². The predicted octanol–water partition coefficient (Wildman–Crippen LogP) is 3.24. The molecular weight excluding hydrogens is 309 g/mol. The van der Waals surface area contributed by atoms with Crippen LogP contribution >= 0.6 is 0 Å². The minimum atomic E-state index is -0.361. The highest BCUT2D eigenvalue weighted by molar-refractivity contribution is 5.80. The highest BCUT2D eigenvalue weighted by atomic mass is 19.1. The summed E-state index contributed by atoms with van der Waals surface area (Å²) in [5, 5.41) is 5.55. The van der Waals surface area contributed by atoms with Crippen LogP contribution < -0.4 is 5.56 Å². The molecule has 5 nitrogen and oxygen atoms in total. The molecule has 4 rings (SSSR count). The molecule has 0 radical (unpaired) electrons. The van der Waals surface area contributed by atoms with Gasteiger partial charge in [0.2, 0.25) is 5.89 Å². The lowest BCUT2D eigenvalue weighted by Crippen LogP contribution is -2.23. The second-order valence-electron chi connectivity index (χ2n) is 5.35. The molecule has 0 aliphatic heterocycles. The molecule has 0 aliphatic carbocycles. The van der Waals surface area contributed by atoms with Gasteiger partial charge in [-0.1, -0.05) is 24.3 Å². The van der Waals surface area contributed by atoms with Gasteiger partial charge >= 0.3 is 0 Å². The zero-order valence-electron chi connectivity index (χ0n) is 12.5. The quantitative estimate of drug-likeness (QED) is 0.581. The summed E-state index contributed by atoms with van der Waals surface area (Å²) < 4.78 is 20.0. The normalized spacial score (nSPS) is 11.0. The maximum absolute atomic E-state index is 13.3. The molecule has 0 spiro atoms. The lowest BCUT2D eigenvalue weighted by Gasteiger charge is -2.03. The lowest BCUT2D eigenvalue weighted by molar-refractivity contribution is 0.566. The number of benzene rings is 2. The lowest BCUT2D eigenvalue weighted by atomic mass is 10.2. The summed E-state index contributed by atoms with van der Waals surface area (Å²) in [6.07, 6.45) is 3.09. The van der Waals surface area contributed by atoms with Crippen molar-refractivity contribution in [2.24, 2.45) is 0 Å². The zero-order chi connectivity index (χ0) is 16.5. The first-order valence-corrected chi connectivity index (χ1v) is 7.36. The molecule has 0 amide bonds. The molecule has 2 aromatic heterocycles. The van der Waals surface area contributed by atoms with Crippen LogP contribution in [0.4, 0.5) is 4.39 Å². The van der Waals surface area contributed by atoms with Gasteiger partial charge in [-0.3, -0.25) is 4.79 Å². The van der Waals surface area contributed by atoms with Gasteiger partial charge in [0, 0.05) is 10.9 Å². The van der Waals surface area contributed by atoms with Crippen LogP contribution in [0.3, 0.4) is 0 Å². The summed E-state index contributed by atoms with van der Waals surface area (Å²) >= 11 is 0. The van der Waals surface area contributed by atoms with Crippen molar-refractivity contribution in [3.05, 3.63) is 82.9 Å². The predicted molar refractivity (Wildman–Crippen MR) is 87.0 cm³/mol. The van der Waals surface area contributed by atoms with Crippen LogP contribution in [0.15, 0.2) is 70.2 Å². The number of oxazole rings is 1. The van der Waals surface area contributed by atoms with E-state index < -0.39 is 0 Å². The molecule has 0 saturated heterocycles. The second-order valence-corrected chi connectivity index (χ2v) is 5.35. The number of nitrogens with zero attached hydrogens (tertiary/aromatic N) is 3. The van der Waals surface area contributed by atoms with Gasteiger partial charge in [-0.05, 0) is 24.3 Å². The Morgan fingerprint density at radius 2 is 2.00 bits per heavy atom. The first-order valence-electron chi connectivity index (χ1n) is 7.36. The third-order valence-electron chi connectivity index (χ3n) is 3.70. The summed E-state index contributed by atoms with van der Waals surface area (Å²) in [6.45, 7) is 0.183. The minimum absolute atomic E-state index is 0.183. The van der Waals surface area contributed by atoms with Crippen LogP contribution in [0.1, 0.15) is 5.69 Å². The van der Waals surface area contributed by atoms with Crippen molar-refractivity contribution >= 4 is 10.8 Å². The first kappa shape index (κ1) is 14.3. The first-order chi connectivity index (χ1) is 11.7. The van der Waals surface area contributed by atoms with Crippen molar-refractivity contribution in [2.75, 3.05) is 0 Å². The average molecular weight is 321 g/mol. The molecule has 0 bridgehead atoms. The molecule has 0 saturated carbocycles. The minimum Gasteiger partial charge on any atom is -0.444 e. The fraction of sp³-hybridized carbons (Fsp3) is 0.0556. The number of aromatic nitrogens is 3. The smallest absolute Gasteiger partial charge is 0.274 e. The standard InChI is InChI=1S/C18H12FN3O2/c19-14-6-3-5-12(8-14)17-21-15(11-24-17)10-22-18(23)16-7-2-1-4-13(16)9-20-22/h1-9,11H,10H2. The van der Waals surface area contributed by atoms with Crippen molar-refractivity contribution in [1.82, 2.24) is 14.8 Å². The van der Waals surface area contributed by atoms with Gasteiger partial charge in [0.05, 0.1) is 18.1 Å². The maximum atomic E-state index is 13.3. The maximum Gasteiger partial charge on any atom is 0.274 e. The van der Waals surface area contributed by atoms with E-state index in [2.05, 4.69) is 10.1 Å². The summed E-state index contributed by atoms with van der Waals surface area (Å²) in [5.74, 6) is -0.0574. The summed E-state index contributed by atoms with van der Waals surface area (Å²) in [5.41, 5.74) is 0.891. The van der Waals surface area contributed by atoms with E-state index in [1.165, 1.54) is 23.1 Å².